The van der Waals surface area contributed by atoms with Crippen LogP contribution in [0.1, 0.15) is 42.9 Å². The molecular weight excluding hydrogens is 278 g/mol. The van der Waals surface area contributed by atoms with E-state index in [4.69, 9.17) is 9.47 Å². The first kappa shape index (κ1) is 15.8. The standard InChI is InChI=1S/C18H27NO3/c1-14-4-5-17-15(11-14)16(3-2-8-22-17)19-12-18(13-20)6-9-21-10-7-18/h4-5,11,16,19-20H,2-3,6-10,12-13H2,1H3. The van der Waals surface area contributed by atoms with Crippen LogP contribution in [0.5, 0.6) is 5.75 Å². The van der Waals surface area contributed by atoms with Gasteiger partial charge in [-0.1, -0.05) is 17.7 Å². The fourth-order valence-corrected chi connectivity index (χ4v) is 3.44. The molecule has 1 aromatic rings. The maximum Gasteiger partial charge on any atom is 0.124 e. The summed E-state index contributed by atoms with van der Waals surface area (Å²) < 4.78 is 11.3. The second-order valence-electron chi connectivity index (χ2n) is 6.74. The highest BCUT2D eigenvalue weighted by Gasteiger charge is 2.33. The van der Waals surface area contributed by atoms with Crippen molar-refractivity contribution in [2.45, 2.75) is 38.6 Å². The van der Waals surface area contributed by atoms with Gasteiger partial charge in [-0.15, -0.1) is 0 Å². The molecule has 0 aliphatic carbocycles. The molecule has 2 aliphatic heterocycles. The van der Waals surface area contributed by atoms with Crippen LogP contribution in [-0.4, -0.2) is 38.1 Å². The molecule has 1 aromatic carbocycles. The van der Waals surface area contributed by atoms with Gasteiger partial charge in [-0.3, -0.25) is 0 Å². The molecule has 0 aromatic heterocycles. The van der Waals surface area contributed by atoms with Crippen molar-refractivity contribution in [2.75, 3.05) is 33.0 Å². The molecule has 4 nitrogen and oxygen atoms in total. The third-order valence-electron chi connectivity index (χ3n) is 5.05. The van der Waals surface area contributed by atoms with Crippen LogP contribution in [0.25, 0.3) is 0 Å². The summed E-state index contributed by atoms with van der Waals surface area (Å²) in [5.41, 5.74) is 2.49. The summed E-state index contributed by atoms with van der Waals surface area (Å²) in [5.74, 6) is 1.01. The molecule has 0 saturated carbocycles. The minimum absolute atomic E-state index is 0.0323. The Kier molecular flexibility index (Phi) is 5.01. The summed E-state index contributed by atoms with van der Waals surface area (Å²) in [6.45, 7) is 5.48. The number of aryl methyl sites for hydroxylation is 1. The van der Waals surface area contributed by atoms with Gasteiger partial charge >= 0.3 is 0 Å². The number of nitrogens with one attached hydrogen (secondary N) is 1. The van der Waals surface area contributed by atoms with E-state index in [0.717, 1.165) is 57.8 Å². The van der Waals surface area contributed by atoms with Crippen LogP contribution >= 0.6 is 0 Å². The van der Waals surface area contributed by atoms with Crippen molar-refractivity contribution in [3.8, 4) is 5.75 Å². The number of fused-ring (bicyclic) bond motifs is 1. The number of benzene rings is 1. The van der Waals surface area contributed by atoms with Crippen LogP contribution in [0.2, 0.25) is 0 Å². The number of aliphatic hydroxyl groups is 1. The van der Waals surface area contributed by atoms with Crippen molar-refractivity contribution >= 4 is 0 Å². The maximum absolute atomic E-state index is 9.85. The quantitative estimate of drug-likeness (QED) is 0.898. The van der Waals surface area contributed by atoms with Gasteiger partial charge in [-0.05, 0) is 38.7 Å². The zero-order valence-corrected chi connectivity index (χ0v) is 13.4. The van der Waals surface area contributed by atoms with Crippen LogP contribution in [0.4, 0.5) is 0 Å². The van der Waals surface area contributed by atoms with E-state index in [-0.39, 0.29) is 12.0 Å². The number of ether oxygens (including phenoxy) is 2. The van der Waals surface area contributed by atoms with Crippen LogP contribution in [0.3, 0.4) is 0 Å². The highest BCUT2D eigenvalue weighted by Crippen LogP contribution is 2.34. The number of hydrogen-bond acceptors (Lipinski definition) is 4. The van der Waals surface area contributed by atoms with E-state index in [1.54, 1.807) is 0 Å². The molecule has 0 bridgehead atoms. The first-order valence-corrected chi connectivity index (χ1v) is 8.38. The largest absolute Gasteiger partial charge is 0.493 e. The van der Waals surface area contributed by atoms with Gasteiger partial charge in [0.05, 0.1) is 13.2 Å². The summed E-state index contributed by atoms with van der Waals surface area (Å²) in [7, 11) is 0. The maximum atomic E-state index is 9.85. The van der Waals surface area contributed by atoms with E-state index < -0.39 is 0 Å². The zero-order valence-electron chi connectivity index (χ0n) is 13.4. The summed E-state index contributed by atoms with van der Waals surface area (Å²) in [6.07, 6.45) is 4.00. The zero-order chi connectivity index (χ0) is 15.4. The van der Waals surface area contributed by atoms with Gasteiger partial charge in [0.2, 0.25) is 0 Å². The lowest BCUT2D eigenvalue weighted by molar-refractivity contribution is -0.0166. The second kappa shape index (κ2) is 6.99. The Morgan fingerprint density at radius 3 is 2.86 bits per heavy atom. The molecule has 3 rings (SSSR count). The topological polar surface area (TPSA) is 50.7 Å². The molecule has 1 fully saturated rings. The van der Waals surface area contributed by atoms with E-state index in [0.29, 0.717) is 6.04 Å². The van der Waals surface area contributed by atoms with Crippen molar-refractivity contribution in [1.29, 1.82) is 0 Å². The SMILES string of the molecule is Cc1ccc2c(c1)C(NCC1(CO)CCOCC1)CCCO2. The first-order chi connectivity index (χ1) is 10.7. The Bertz CT molecular complexity index is 497. The summed E-state index contributed by atoms with van der Waals surface area (Å²) in [5, 5.41) is 13.6. The van der Waals surface area contributed by atoms with Crippen LogP contribution in [-0.2, 0) is 4.74 Å². The smallest absolute Gasteiger partial charge is 0.124 e. The number of aliphatic hydroxyl groups excluding tert-OH is 1. The van der Waals surface area contributed by atoms with Gasteiger partial charge in [-0.25, -0.2) is 0 Å². The Morgan fingerprint density at radius 1 is 1.27 bits per heavy atom. The predicted molar refractivity (Wildman–Crippen MR) is 86.2 cm³/mol. The van der Waals surface area contributed by atoms with E-state index in [1.807, 2.05) is 0 Å². The van der Waals surface area contributed by atoms with E-state index in [2.05, 4.69) is 30.4 Å². The minimum atomic E-state index is -0.0323. The molecule has 4 heteroatoms. The average molecular weight is 305 g/mol. The Labute approximate surface area is 132 Å². The van der Waals surface area contributed by atoms with E-state index >= 15 is 0 Å². The fourth-order valence-electron chi connectivity index (χ4n) is 3.44. The Balaban J connectivity index is 1.73. The lowest BCUT2D eigenvalue weighted by atomic mass is 9.80. The molecule has 0 spiro atoms. The molecule has 2 heterocycles. The molecule has 0 amide bonds. The summed E-state index contributed by atoms with van der Waals surface area (Å²) >= 11 is 0. The van der Waals surface area contributed by atoms with E-state index in [1.165, 1.54) is 11.1 Å². The van der Waals surface area contributed by atoms with Crippen LogP contribution in [0.15, 0.2) is 18.2 Å². The molecule has 2 N–H and O–H groups in total. The van der Waals surface area contributed by atoms with Crippen molar-refractivity contribution < 1.29 is 14.6 Å². The van der Waals surface area contributed by atoms with E-state index in [9.17, 15) is 5.11 Å². The predicted octanol–water partition coefficient (Wildman–Crippen LogP) is 2.59. The third-order valence-corrected chi connectivity index (χ3v) is 5.05. The summed E-state index contributed by atoms with van der Waals surface area (Å²) in [6, 6.07) is 6.73. The molecule has 0 radical (unpaired) electrons. The lowest BCUT2D eigenvalue weighted by Crippen LogP contribution is -2.43. The van der Waals surface area contributed by atoms with Gasteiger partial charge in [0.1, 0.15) is 5.75 Å². The number of rotatable bonds is 4. The lowest BCUT2D eigenvalue weighted by Gasteiger charge is -2.37. The highest BCUT2D eigenvalue weighted by atomic mass is 16.5. The van der Waals surface area contributed by atoms with Crippen molar-refractivity contribution in [1.82, 2.24) is 5.32 Å². The van der Waals surface area contributed by atoms with Crippen LogP contribution < -0.4 is 10.1 Å². The molecule has 2 aliphatic rings. The molecule has 1 atom stereocenters. The second-order valence-corrected chi connectivity index (χ2v) is 6.74. The molecular formula is C18H27NO3. The number of hydrogen-bond donors (Lipinski definition) is 2. The Hall–Kier alpha value is -1.10. The highest BCUT2D eigenvalue weighted by molar-refractivity contribution is 5.39. The Morgan fingerprint density at radius 2 is 2.09 bits per heavy atom. The molecule has 1 unspecified atom stereocenters. The van der Waals surface area contributed by atoms with Gasteiger partial charge in [0.15, 0.2) is 0 Å². The average Bonchev–Trinajstić information content (AvgIpc) is 2.76. The minimum Gasteiger partial charge on any atom is -0.493 e. The van der Waals surface area contributed by atoms with Crippen molar-refractivity contribution in [3.05, 3.63) is 29.3 Å². The third kappa shape index (κ3) is 3.45. The first-order valence-electron chi connectivity index (χ1n) is 8.38. The van der Waals surface area contributed by atoms with Crippen molar-refractivity contribution in [2.24, 2.45) is 5.41 Å². The normalized spacial score (nSPS) is 24.2. The molecule has 1 saturated heterocycles. The molecule has 122 valence electrons. The summed E-state index contributed by atoms with van der Waals surface area (Å²) in [4.78, 5) is 0. The van der Waals surface area contributed by atoms with Crippen LogP contribution in [0, 0.1) is 12.3 Å². The van der Waals surface area contributed by atoms with Gasteiger partial charge in [0.25, 0.3) is 0 Å². The monoisotopic (exact) mass is 305 g/mol. The van der Waals surface area contributed by atoms with Gasteiger partial charge < -0.3 is 19.9 Å². The fraction of sp³-hybridized carbons (Fsp3) is 0.667. The van der Waals surface area contributed by atoms with Gasteiger partial charge in [-0.2, -0.15) is 0 Å². The van der Waals surface area contributed by atoms with Crippen molar-refractivity contribution in [3.63, 3.8) is 0 Å². The molecule has 22 heavy (non-hydrogen) atoms. The van der Waals surface area contributed by atoms with Gasteiger partial charge in [0, 0.05) is 36.8 Å².